The van der Waals surface area contributed by atoms with Gasteiger partial charge in [-0.15, -0.1) is 11.3 Å². The van der Waals surface area contributed by atoms with Gasteiger partial charge in [0.2, 0.25) is 0 Å². The molecule has 0 saturated carbocycles. The highest BCUT2D eigenvalue weighted by Crippen LogP contribution is 2.21. The fraction of sp³-hybridized carbons (Fsp3) is 0.154. The van der Waals surface area contributed by atoms with E-state index in [2.05, 4.69) is 4.98 Å². The summed E-state index contributed by atoms with van der Waals surface area (Å²) in [6, 6.07) is 5.33. The molecule has 2 rings (SSSR count). The first-order valence-electron chi connectivity index (χ1n) is 5.18. The van der Waals surface area contributed by atoms with Crippen molar-refractivity contribution in [1.82, 2.24) is 4.98 Å². The van der Waals surface area contributed by atoms with Gasteiger partial charge in [0.15, 0.2) is 12.1 Å². The fourth-order valence-corrected chi connectivity index (χ4v) is 2.45. The lowest BCUT2D eigenvalue weighted by Crippen LogP contribution is -2.01. The zero-order valence-electron chi connectivity index (χ0n) is 9.34. The Labute approximate surface area is 103 Å². The van der Waals surface area contributed by atoms with Crippen molar-refractivity contribution in [3.05, 3.63) is 51.5 Å². The Morgan fingerprint density at radius 2 is 2.35 bits per heavy atom. The summed E-state index contributed by atoms with van der Waals surface area (Å²) < 4.78 is 0. The molecule has 86 valence electrons. The Morgan fingerprint density at radius 3 is 2.94 bits per heavy atom. The normalized spacial score (nSPS) is 10.2. The van der Waals surface area contributed by atoms with Crippen molar-refractivity contribution in [2.24, 2.45) is 0 Å². The maximum atomic E-state index is 12.0. The van der Waals surface area contributed by atoms with Gasteiger partial charge >= 0.3 is 0 Å². The van der Waals surface area contributed by atoms with Crippen LogP contribution in [0.5, 0.6) is 0 Å². The molecule has 0 aromatic carbocycles. The lowest BCUT2D eigenvalue weighted by atomic mass is 10.1. The molecule has 2 heterocycles. The highest BCUT2D eigenvalue weighted by Gasteiger charge is 2.12. The first kappa shape index (κ1) is 11.7. The van der Waals surface area contributed by atoms with Crippen molar-refractivity contribution >= 4 is 23.4 Å². The third kappa shape index (κ3) is 2.65. The van der Waals surface area contributed by atoms with E-state index in [1.165, 1.54) is 11.3 Å². The molecule has 2 aromatic rings. The third-order valence-electron chi connectivity index (χ3n) is 2.45. The van der Waals surface area contributed by atoms with E-state index in [4.69, 9.17) is 0 Å². The quantitative estimate of drug-likeness (QED) is 0.614. The second-order valence-corrected chi connectivity index (χ2v) is 4.96. The molecule has 0 atom stereocenters. The largest absolute Gasteiger partial charge is 0.298 e. The number of thiophene rings is 1. The summed E-state index contributed by atoms with van der Waals surface area (Å²) in [4.78, 5) is 28.2. The Balaban J connectivity index is 2.17. The average molecular weight is 245 g/mol. The number of rotatable bonds is 4. The van der Waals surface area contributed by atoms with Gasteiger partial charge in [-0.05, 0) is 24.6 Å². The molecule has 0 aliphatic heterocycles. The van der Waals surface area contributed by atoms with Gasteiger partial charge in [0.25, 0.3) is 0 Å². The van der Waals surface area contributed by atoms with E-state index in [0.717, 1.165) is 16.7 Å². The number of pyridine rings is 1. The van der Waals surface area contributed by atoms with Crippen LogP contribution in [0.1, 0.15) is 30.5 Å². The van der Waals surface area contributed by atoms with Gasteiger partial charge in [-0.25, -0.2) is 0 Å². The van der Waals surface area contributed by atoms with E-state index < -0.39 is 0 Å². The second-order valence-electron chi connectivity index (χ2n) is 3.70. The standard InChI is InChI=1S/C13H11NO2S/c1-9-11(8-15)6-13(17-9)12(16)5-10-3-2-4-14-7-10/h2-4,6-8H,5H2,1H3. The summed E-state index contributed by atoms with van der Waals surface area (Å²) in [5.41, 5.74) is 1.49. The van der Waals surface area contributed by atoms with Crippen LogP contribution >= 0.6 is 11.3 Å². The number of carbonyl (C=O) groups excluding carboxylic acids is 2. The minimum atomic E-state index is 0.0270. The SMILES string of the molecule is Cc1sc(C(=O)Cc2cccnc2)cc1C=O. The second kappa shape index (κ2) is 5.01. The number of hydrogen-bond acceptors (Lipinski definition) is 4. The molecule has 0 saturated heterocycles. The molecule has 4 heteroatoms. The number of Topliss-reactive ketones (excluding diaryl/α,β-unsaturated/α-hetero) is 1. The third-order valence-corrected chi connectivity index (χ3v) is 3.55. The molecule has 0 aliphatic rings. The molecule has 0 radical (unpaired) electrons. The minimum Gasteiger partial charge on any atom is -0.298 e. The maximum Gasteiger partial charge on any atom is 0.177 e. The summed E-state index contributed by atoms with van der Waals surface area (Å²) in [6.07, 6.45) is 4.46. The molecule has 17 heavy (non-hydrogen) atoms. The van der Waals surface area contributed by atoms with Crippen LogP contribution in [0.4, 0.5) is 0 Å². The number of aldehydes is 1. The highest BCUT2D eigenvalue weighted by molar-refractivity contribution is 7.14. The van der Waals surface area contributed by atoms with Crippen LogP contribution in [0.15, 0.2) is 30.6 Å². The van der Waals surface area contributed by atoms with E-state index in [1.54, 1.807) is 24.5 Å². The van der Waals surface area contributed by atoms with Crippen LogP contribution < -0.4 is 0 Å². The van der Waals surface area contributed by atoms with Crippen LogP contribution in [-0.4, -0.2) is 17.1 Å². The lowest BCUT2D eigenvalue weighted by molar-refractivity contribution is 0.0996. The Kier molecular flexibility index (Phi) is 3.44. The molecule has 0 bridgehead atoms. The van der Waals surface area contributed by atoms with Crippen molar-refractivity contribution in [2.45, 2.75) is 13.3 Å². The topological polar surface area (TPSA) is 47.0 Å². The van der Waals surface area contributed by atoms with Gasteiger partial charge in [-0.3, -0.25) is 14.6 Å². The van der Waals surface area contributed by atoms with Crippen molar-refractivity contribution < 1.29 is 9.59 Å². The maximum absolute atomic E-state index is 12.0. The number of carbonyl (C=O) groups is 2. The molecule has 3 nitrogen and oxygen atoms in total. The Morgan fingerprint density at radius 1 is 1.53 bits per heavy atom. The van der Waals surface area contributed by atoms with Crippen LogP contribution in [0.2, 0.25) is 0 Å². The summed E-state index contributed by atoms with van der Waals surface area (Å²) >= 11 is 1.37. The molecule has 0 aliphatic carbocycles. The molecule has 0 unspecified atom stereocenters. The summed E-state index contributed by atoms with van der Waals surface area (Å²) in [7, 11) is 0. The molecule has 0 fully saturated rings. The zero-order chi connectivity index (χ0) is 12.3. The number of aryl methyl sites for hydroxylation is 1. The van der Waals surface area contributed by atoms with Crippen LogP contribution in [0.25, 0.3) is 0 Å². The molecule has 0 amide bonds. The molecule has 2 aromatic heterocycles. The van der Waals surface area contributed by atoms with Gasteiger partial charge in [0.1, 0.15) is 0 Å². The summed E-state index contributed by atoms with van der Waals surface area (Å²) in [6.45, 7) is 1.84. The smallest absolute Gasteiger partial charge is 0.177 e. The first-order chi connectivity index (χ1) is 8.20. The fourth-order valence-electron chi connectivity index (χ4n) is 1.53. The molecule has 0 spiro atoms. The van der Waals surface area contributed by atoms with Crippen LogP contribution in [0, 0.1) is 6.92 Å². The highest BCUT2D eigenvalue weighted by atomic mass is 32.1. The molecular weight excluding hydrogens is 234 g/mol. The Hall–Kier alpha value is -1.81. The number of hydrogen-bond donors (Lipinski definition) is 0. The monoisotopic (exact) mass is 245 g/mol. The lowest BCUT2D eigenvalue weighted by Gasteiger charge is -1.97. The molecule has 0 N–H and O–H groups in total. The van der Waals surface area contributed by atoms with Crippen molar-refractivity contribution in [1.29, 1.82) is 0 Å². The predicted octanol–water partition coefficient (Wildman–Crippen LogP) is 2.69. The van der Waals surface area contributed by atoms with Crippen LogP contribution in [0.3, 0.4) is 0 Å². The zero-order valence-corrected chi connectivity index (χ0v) is 10.2. The first-order valence-corrected chi connectivity index (χ1v) is 6.00. The summed E-state index contributed by atoms with van der Waals surface area (Å²) in [5, 5.41) is 0. The van der Waals surface area contributed by atoms with Crippen LogP contribution in [-0.2, 0) is 6.42 Å². The molecular formula is C13H11NO2S. The average Bonchev–Trinajstić information content (AvgIpc) is 2.72. The minimum absolute atomic E-state index is 0.0270. The van der Waals surface area contributed by atoms with E-state index in [-0.39, 0.29) is 5.78 Å². The van der Waals surface area contributed by atoms with Crippen molar-refractivity contribution in [3.63, 3.8) is 0 Å². The van der Waals surface area contributed by atoms with Gasteiger partial charge in [-0.1, -0.05) is 6.07 Å². The van der Waals surface area contributed by atoms with E-state index in [0.29, 0.717) is 16.9 Å². The van der Waals surface area contributed by atoms with E-state index in [1.807, 2.05) is 13.0 Å². The van der Waals surface area contributed by atoms with Gasteiger partial charge in [0.05, 0.1) is 4.88 Å². The van der Waals surface area contributed by atoms with Gasteiger partial charge in [-0.2, -0.15) is 0 Å². The number of ketones is 1. The van der Waals surface area contributed by atoms with Gasteiger partial charge in [0, 0.05) is 29.3 Å². The van der Waals surface area contributed by atoms with Crippen molar-refractivity contribution in [3.8, 4) is 0 Å². The number of nitrogens with zero attached hydrogens (tertiary/aromatic N) is 1. The van der Waals surface area contributed by atoms with E-state index in [9.17, 15) is 9.59 Å². The van der Waals surface area contributed by atoms with E-state index >= 15 is 0 Å². The predicted molar refractivity (Wildman–Crippen MR) is 66.7 cm³/mol. The number of aromatic nitrogens is 1. The van der Waals surface area contributed by atoms with Gasteiger partial charge < -0.3 is 0 Å². The Bertz CT molecular complexity index is 546. The van der Waals surface area contributed by atoms with Crippen molar-refractivity contribution in [2.75, 3.05) is 0 Å². The summed E-state index contributed by atoms with van der Waals surface area (Å²) in [5.74, 6) is 0.0270.